The van der Waals surface area contributed by atoms with Gasteiger partial charge in [-0.3, -0.25) is 20.8 Å². The Morgan fingerprint density at radius 2 is 1.89 bits per heavy atom. The van der Waals surface area contributed by atoms with Crippen molar-refractivity contribution >= 4 is 22.7 Å². The number of hydrogen-bond donors (Lipinski definition) is 3. The zero-order valence-electron chi connectivity index (χ0n) is 15.2. The average molecular weight is 381 g/mol. The molecule has 3 aromatic rings. The van der Waals surface area contributed by atoms with Gasteiger partial charge in [-0.25, -0.2) is 4.39 Å². The minimum Gasteiger partial charge on any atom is -0.424 e. The van der Waals surface area contributed by atoms with Crippen LogP contribution in [0.15, 0.2) is 42.5 Å². The van der Waals surface area contributed by atoms with Crippen LogP contribution in [0.25, 0.3) is 22.2 Å². The molecular formula is C20H20FN5O2. The van der Waals surface area contributed by atoms with Crippen LogP contribution in [0, 0.1) is 16.6 Å². The maximum atomic E-state index is 13.2. The molecule has 28 heavy (non-hydrogen) atoms. The van der Waals surface area contributed by atoms with E-state index in [9.17, 15) is 4.39 Å². The maximum Gasteiger partial charge on any atom is 0.220 e. The first-order chi connectivity index (χ1) is 13.6. The van der Waals surface area contributed by atoms with Crippen LogP contribution < -0.4 is 0 Å². The molecule has 1 saturated heterocycles. The second-order valence-corrected chi connectivity index (χ2v) is 6.58. The van der Waals surface area contributed by atoms with E-state index in [1.54, 1.807) is 24.3 Å². The highest BCUT2D eigenvalue weighted by Crippen LogP contribution is 2.27. The van der Waals surface area contributed by atoms with Gasteiger partial charge >= 0.3 is 0 Å². The zero-order valence-corrected chi connectivity index (χ0v) is 15.2. The maximum absolute atomic E-state index is 13.2. The lowest BCUT2D eigenvalue weighted by Crippen LogP contribution is -2.40. The molecule has 1 fully saturated rings. The van der Waals surface area contributed by atoms with E-state index in [1.165, 1.54) is 12.1 Å². The molecule has 8 heteroatoms. The van der Waals surface area contributed by atoms with Crippen molar-refractivity contribution < 1.29 is 13.9 Å². The van der Waals surface area contributed by atoms with Crippen LogP contribution in [0.4, 0.5) is 4.39 Å². The average Bonchev–Trinajstić information content (AvgIpc) is 3.12. The van der Waals surface area contributed by atoms with E-state index < -0.39 is 0 Å². The molecule has 2 aromatic carbocycles. The summed E-state index contributed by atoms with van der Waals surface area (Å²) in [5.74, 6) is -0.373. The van der Waals surface area contributed by atoms with Crippen molar-refractivity contribution in [2.75, 3.05) is 32.8 Å². The highest BCUT2D eigenvalue weighted by Gasteiger charge is 2.16. The third-order valence-electron chi connectivity index (χ3n) is 4.64. The first-order valence-corrected chi connectivity index (χ1v) is 8.98. The van der Waals surface area contributed by atoms with E-state index in [4.69, 9.17) is 20.3 Å². The summed E-state index contributed by atoms with van der Waals surface area (Å²) in [6, 6.07) is 11.5. The molecule has 2 heterocycles. The van der Waals surface area contributed by atoms with Crippen molar-refractivity contribution in [2.45, 2.75) is 0 Å². The molecule has 0 atom stereocenters. The Morgan fingerprint density at radius 1 is 1.14 bits per heavy atom. The largest absolute Gasteiger partial charge is 0.424 e. The smallest absolute Gasteiger partial charge is 0.220 e. The lowest BCUT2D eigenvalue weighted by molar-refractivity contribution is 0.0437. The Morgan fingerprint density at radius 3 is 2.64 bits per heavy atom. The summed E-state index contributed by atoms with van der Waals surface area (Å²) >= 11 is 0. The van der Waals surface area contributed by atoms with E-state index in [1.807, 2.05) is 6.07 Å². The van der Waals surface area contributed by atoms with E-state index in [-0.39, 0.29) is 17.6 Å². The van der Waals surface area contributed by atoms with Crippen molar-refractivity contribution in [3.63, 3.8) is 0 Å². The van der Waals surface area contributed by atoms with Crippen LogP contribution >= 0.6 is 0 Å². The standard InChI is InChI=1S/C20H20FN5O2/c21-15-4-1-13(2-5-15)19-16-11-14(3-6-17(16)24-25-19)20(23)28-18(22)12-26-7-9-27-10-8-26/h1-6,11,22-23H,7-10,12H2,(H,24,25). The number of morpholine rings is 1. The number of aromatic amines is 1. The minimum absolute atomic E-state index is 0.0259. The number of ether oxygens (including phenoxy) is 2. The van der Waals surface area contributed by atoms with Gasteiger partial charge < -0.3 is 9.47 Å². The molecular weight excluding hydrogens is 361 g/mol. The molecule has 0 saturated carbocycles. The first kappa shape index (κ1) is 18.3. The van der Waals surface area contributed by atoms with Crippen molar-refractivity contribution in [1.82, 2.24) is 15.1 Å². The molecule has 0 unspecified atom stereocenters. The molecule has 3 N–H and O–H groups in total. The third-order valence-corrected chi connectivity index (χ3v) is 4.64. The summed E-state index contributed by atoms with van der Waals surface area (Å²) in [5.41, 5.74) is 2.80. The van der Waals surface area contributed by atoms with Crippen LogP contribution in [0.3, 0.4) is 0 Å². The number of H-pyrrole nitrogens is 1. The normalized spacial score (nSPS) is 14.9. The van der Waals surface area contributed by atoms with Crippen LogP contribution in [0.2, 0.25) is 0 Å². The summed E-state index contributed by atoms with van der Waals surface area (Å²) in [7, 11) is 0. The Bertz CT molecular complexity index is 1010. The van der Waals surface area contributed by atoms with Gasteiger partial charge in [-0.2, -0.15) is 5.10 Å². The van der Waals surface area contributed by atoms with Crippen LogP contribution in [0.1, 0.15) is 5.56 Å². The number of nitrogens with zero attached hydrogens (tertiary/aromatic N) is 2. The number of hydrogen-bond acceptors (Lipinski definition) is 6. The number of benzene rings is 2. The molecule has 4 rings (SSSR count). The molecule has 1 aromatic heterocycles. The first-order valence-electron chi connectivity index (χ1n) is 8.98. The van der Waals surface area contributed by atoms with Crippen LogP contribution in [0.5, 0.6) is 0 Å². The fourth-order valence-electron chi connectivity index (χ4n) is 3.16. The summed E-state index contributed by atoms with van der Waals surface area (Å²) in [5, 5.41) is 24.3. The van der Waals surface area contributed by atoms with Crippen molar-refractivity contribution in [3.05, 3.63) is 53.8 Å². The predicted molar refractivity (Wildman–Crippen MR) is 104 cm³/mol. The van der Waals surface area contributed by atoms with Gasteiger partial charge in [-0.05, 0) is 42.5 Å². The van der Waals surface area contributed by atoms with Gasteiger partial charge in [-0.15, -0.1) is 0 Å². The lowest BCUT2D eigenvalue weighted by Gasteiger charge is -2.26. The minimum atomic E-state index is -0.307. The van der Waals surface area contributed by atoms with Gasteiger partial charge in [-0.1, -0.05) is 0 Å². The van der Waals surface area contributed by atoms with Gasteiger partial charge in [0, 0.05) is 29.6 Å². The number of fused-ring (bicyclic) bond motifs is 1. The topological polar surface area (TPSA) is 98.1 Å². The summed E-state index contributed by atoms with van der Waals surface area (Å²) in [4.78, 5) is 2.06. The predicted octanol–water partition coefficient (Wildman–Crippen LogP) is 3.02. The van der Waals surface area contributed by atoms with Gasteiger partial charge in [0.05, 0.1) is 31.0 Å². The Hall–Kier alpha value is -3.10. The number of nitrogens with one attached hydrogen (secondary N) is 3. The van der Waals surface area contributed by atoms with E-state index >= 15 is 0 Å². The van der Waals surface area contributed by atoms with Crippen molar-refractivity contribution in [3.8, 4) is 11.3 Å². The molecule has 7 nitrogen and oxygen atoms in total. The molecule has 0 aliphatic carbocycles. The Kier molecular flexibility index (Phi) is 5.14. The summed E-state index contributed by atoms with van der Waals surface area (Å²) in [6.07, 6.45) is 0. The van der Waals surface area contributed by atoms with Crippen molar-refractivity contribution in [1.29, 1.82) is 10.8 Å². The fraction of sp³-hybridized carbons (Fsp3) is 0.250. The van der Waals surface area contributed by atoms with Gasteiger partial charge in [0.25, 0.3) is 0 Å². The highest BCUT2D eigenvalue weighted by atomic mass is 19.1. The zero-order chi connectivity index (χ0) is 19.5. The highest BCUT2D eigenvalue weighted by molar-refractivity contribution is 6.03. The van der Waals surface area contributed by atoms with Crippen LogP contribution in [-0.4, -0.2) is 59.7 Å². The van der Waals surface area contributed by atoms with Gasteiger partial charge in [0.15, 0.2) is 0 Å². The Labute approximate surface area is 161 Å². The molecule has 1 aliphatic heterocycles. The van der Waals surface area contributed by atoms with Gasteiger partial charge in [0.1, 0.15) is 5.82 Å². The number of halogens is 1. The SMILES string of the molecule is N=C(CN1CCOCC1)OC(=N)c1ccc2[nH]nc(-c3ccc(F)cc3)c2c1. The molecule has 144 valence electrons. The second-order valence-electron chi connectivity index (χ2n) is 6.58. The van der Waals surface area contributed by atoms with E-state index in [0.29, 0.717) is 31.0 Å². The number of rotatable bonds is 4. The van der Waals surface area contributed by atoms with Crippen molar-refractivity contribution in [2.24, 2.45) is 0 Å². The lowest BCUT2D eigenvalue weighted by atomic mass is 10.1. The molecule has 0 spiro atoms. The number of aromatic nitrogens is 2. The Balaban J connectivity index is 1.51. The summed E-state index contributed by atoms with van der Waals surface area (Å²) in [6.45, 7) is 3.14. The van der Waals surface area contributed by atoms with E-state index in [2.05, 4.69) is 15.1 Å². The molecule has 0 radical (unpaired) electrons. The third kappa shape index (κ3) is 3.92. The van der Waals surface area contributed by atoms with Gasteiger partial charge in [0.2, 0.25) is 11.8 Å². The molecule has 0 amide bonds. The quantitative estimate of drug-likeness (QED) is 0.478. The molecule has 1 aliphatic rings. The second kappa shape index (κ2) is 7.87. The summed E-state index contributed by atoms with van der Waals surface area (Å²) < 4.78 is 23.9. The van der Waals surface area contributed by atoms with Crippen LogP contribution in [-0.2, 0) is 9.47 Å². The molecule has 0 bridgehead atoms. The fourth-order valence-corrected chi connectivity index (χ4v) is 3.16. The monoisotopic (exact) mass is 381 g/mol. The van der Waals surface area contributed by atoms with E-state index in [0.717, 1.165) is 29.6 Å².